The number of hydrogen-bond donors (Lipinski definition) is 1. The number of aldehydes is 1. The molecule has 0 aliphatic rings. The van der Waals surface area contributed by atoms with Gasteiger partial charge < -0.3 is 9.84 Å². The van der Waals surface area contributed by atoms with E-state index in [-0.39, 0.29) is 11.3 Å². The van der Waals surface area contributed by atoms with Gasteiger partial charge in [0.1, 0.15) is 11.5 Å². The van der Waals surface area contributed by atoms with Crippen molar-refractivity contribution in [3.05, 3.63) is 23.8 Å². The molecular formula is C9H7F3O3. The molecule has 0 saturated heterocycles. The van der Waals surface area contributed by atoms with Crippen molar-refractivity contribution in [3.63, 3.8) is 0 Å². The van der Waals surface area contributed by atoms with Crippen LogP contribution in [0.4, 0.5) is 13.2 Å². The van der Waals surface area contributed by atoms with Gasteiger partial charge in [-0.25, -0.2) is 0 Å². The first-order valence-electron chi connectivity index (χ1n) is 3.90. The molecule has 0 bridgehead atoms. The molecule has 0 atom stereocenters. The first kappa shape index (κ1) is 11.4. The number of aromatic hydroxyl groups is 1. The van der Waals surface area contributed by atoms with Gasteiger partial charge in [0.2, 0.25) is 0 Å². The van der Waals surface area contributed by atoms with Crippen molar-refractivity contribution in [2.24, 2.45) is 0 Å². The predicted molar refractivity (Wildman–Crippen MR) is 45.0 cm³/mol. The molecule has 0 saturated carbocycles. The number of alkyl halides is 3. The van der Waals surface area contributed by atoms with Crippen LogP contribution in [0.3, 0.4) is 0 Å². The Morgan fingerprint density at radius 3 is 2.53 bits per heavy atom. The second-order valence-corrected chi connectivity index (χ2v) is 2.74. The highest BCUT2D eigenvalue weighted by Crippen LogP contribution is 2.24. The number of phenols is 1. The molecule has 0 unspecified atom stereocenters. The molecule has 3 nitrogen and oxygen atoms in total. The quantitative estimate of drug-likeness (QED) is 0.794. The summed E-state index contributed by atoms with van der Waals surface area (Å²) in [6.07, 6.45) is -4.04. The van der Waals surface area contributed by atoms with Gasteiger partial charge in [0.05, 0.1) is 5.56 Å². The van der Waals surface area contributed by atoms with Gasteiger partial charge in [0.15, 0.2) is 12.9 Å². The topological polar surface area (TPSA) is 46.5 Å². The first-order valence-corrected chi connectivity index (χ1v) is 3.90. The second-order valence-electron chi connectivity index (χ2n) is 2.74. The lowest BCUT2D eigenvalue weighted by atomic mass is 10.2. The summed E-state index contributed by atoms with van der Waals surface area (Å²) in [5.74, 6) is -0.555. The summed E-state index contributed by atoms with van der Waals surface area (Å²) in [4.78, 5) is 10.3. The maximum atomic E-state index is 11.7. The third kappa shape index (κ3) is 3.49. The van der Waals surface area contributed by atoms with Crippen LogP contribution in [-0.2, 0) is 0 Å². The van der Waals surface area contributed by atoms with Crippen molar-refractivity contribution in [1.82, 2.24) is 0 Å². The summed E-state index contributed by atoms with van der Waals surface area (Å²) in [5.41, 5.74) is -0.00522. The summed E-state index contributed by atoms with van der Waals surface area (Å²) in [7, 11) is 0. The molecule has 15 heavy (non-hydrogen) atoms. The molecule has 1 rings (SSSR count). The van der Waals surface area contributed by atoms with E-state index in [1.807, 2.05) is 0 Å². The summed E-state index contributed by atoms with van der Waals surface area (Å²) < 4.78 is 39.6. The lowest BCUT2D eigenvalue weighted by Gasteiger charge is -2.09. The van der Waals surface area contributed by atoms with Crippen molar-refractivity contribution >= 4 is 6.29 Å². The number of phenolic OH excluding ortho intramolecular Hbond substituents is 1. The lowest BCUT2D eigenvalue weighted by Crippen LogP contribution is -2.19. The molecule has 0 aliphatic heterocycles. The zero-order valence-electron chi connectivity index (χ0n) is 7.41. The molecule has 1 aromatic rings. The third-order valence-corrected chi connectivity index (χ3v) is 1.53. The molecule has 6 heteroatoms. The van der Waals surface area contributed by atoms with E-state index in [4.69, 9.17) is 5.11 Å². The number of carbonyl (C=O) groups is 1. The summed E-state index contributed by atoms with van der Waals surface area (Å²) >= 11 is 0. The van der Waals surface area contributed by atoms with Crippen LogP contribution in [0.25, 0.3) is 0 Å². The summed E-state index contributed by atoms with van der Waals surface area (Å²) in [6.45, 7) is -1.44. The van der Waals surface area contributed by atoms with E-state index >= 15 is 0 Å². The fourth-order valence-corrected chi connectivity index (χ4v) is 0.878. The predicted octanol–water partition coefficient (Wildman–Crippen LogP) is 2.15. The van der Waals surface area contributed by atoms with Gasteiger partial charge in [-0.05, 0) is 12.1 Å². The van der Waals surface area contributed by atoms with Gasteiger partial charge in [0, 0.05) is 6.07 Å². The molecule has 1 N–H and O–H groups in total. The Balaban J connectivity index is 2.72. The standard InChI is InChI=1S/C9H7F3O3/c10-9(11,12)5-15-7-2-1-6(4-13)8(14)3-7/h1-4,14H,5H2. The van der Waals surface area contributed by atoms with E-state index in [1.54, 1.807) is 0 Å². The lowest BCUT2D eigenvalue weighted by molar-refractivity contribution is -0.153. The highest BCUT2D eigenvalue weighted by Gasteiger charge is 2.28. The molecule has 0 aliphatic carbocycles. The van der Waals surface area contributed by atoms with E-state index in [0.29, 0.717) is 6.29 Å². The van der Waals surface area contributed by atoms with E-state index in [1.165, 1.54) is 12.1 Å². The Labute approximate surface area is 83.1 Å². The Morgan fingerprint density at radius 2 is 2.07 bits per heavy atom. The highest BCUT2D eigenvalue weighted by atomic mass is 19.4. The van der Waals surface area contributed by atoms with Gasteiger partial charge in [0.25, 0.3) is 0 Å². The van der Waals surface area contributed by atoms with E-state index in [9.17, 15) is 18.0 Å². The van der Waals surface area contributed by atoms with Gasteiger partial charge in [-0.2, -0.15) is 13.2 Å². The molecule has 0 fully saturated rings. The van der Waals surface area contributed by atoms with E-state index in [0.717, 1.165) is 6.07 Å². The third-order valence-electron chi connectivity index (χ3n) is 1.53. The minimum atomic E-state index is -4.43. The van der Waals surface area contributed by atoms with Crippen LogP contribution in [0, 0.1) is 0 Å². The van der Waals surface area contributed by atoms with Crippen molar-refractivity contribution < 1.29 is 27.8 Å². The average molecular weight is 220 g/mol. The van der Waals surface area contributed by atoms with Crippen LogP contribution in [0.5, 0.6) is 11.5 Å². The monoisotopic (exact) mass is 220 g/mol. The Bertz CT molecular complexity index is 360. The van der Waals surface area contributed by atoms with Crippen LogP contribution >= 0.6 is 0 Å². The Morgan fingerprint density at radius 1 is 1.40 bits per heavy atom. The minimum Gasteiger partial charge on any atom is -0.507 e. The number of rotatable bonds is 3. The van der Waals surface area contributed by atoms with Crippen LogP contribution in [-0.4, -0.2) is 24.2 Å². The van der Waals surface area contributed by atoms with Crippen LogP contribution in [0.15, 0.2) is 18.2 Å². The summed E-state index contributed by atoms with van der Waals surface area (Å²) in [5, 5.41) is 9.13. The number of benzene rings is 1. The van der Waals surface area contributed by atoms with E-state index < -0.39 is 18.5 Å². The average Bonchev–Trinajstić information content (AvgIpc) is 2.14. The molecule has 0 amide bonds. The Hall–Kier alpha value is -1.72. The van der Waals surface area contributed by atoms with Crippen molar-refractivity contribution in [2.75, 3.05) is 6.61 Å². The summed E-state index contributed by atoms with van der Waals surface area (Å²) in [6, 6.07) is 3.30. The zero-order valence-corrected chi connectivity index (χ0v) is 7.41. The Kier molecular flexibility index (Phi) is 3.18. The maximum absolute atomic E-state index is 11.7. The smallest absolute Gasteiger partial charge is 0.422 e. The van der Waals surface area contributed by atoms with E-state index in [2.05, 4.69) is 4.74 Å². The molecule has 0 spiro atoms. The first-order chi connectivity index (χ1) is 6.92. The van der Waals surface area contributed by atoms with Crippen LogP contribution in [0.2, 0.25) is 0 Å². The van der Waals surface area contributed by atoms with Crippen LogP contribution in [0.1, 0.15) is 10.4 Å². The molecule has 0 aromatic heterocycles. The fraction of sp³-hybridized carbons (Fsp3) is 0.222. The van der Waals surface area contributed by atoms with Crippen molar-refractivity contribution in [2.45, 2.75) is 6.18 Å². The largest absolute Gasteiger partial charge is 0.507 e. The molecular weight excluding hydrogens is 213 g/mol. The molecule has 0 heterocycles. The van der Waals surface area contributed by atoms with Gasteiger partial charge in [-0.15, -0.1) is 0 Å². The van der Waals surface area contributed by atoms with Gasteiger partial charge in [-0.1, -0.05) is 0 Å². The van der Waals surface area contributed by atoms with Crippen molar-refractivity contribution in [1.29, 1.82) is 0 Å². The number of carbonyl (C=O) groups excluding carboxylic acids is 1. The number of ether oxygens (including phenoxy) is 1. The molecule has 82 valence electrons. The molecule has 0 radical (unpaired) electrons. The maximum Gasteiger partial charge on any atom is 0.422 e. The van der Waals surface area contributed by atoms with Gasteiger partial charge >= 0.3 is 6.18 Å². The fourth-order valence-electron chi connectivity index (χ4n) is 0.878. The van der Waals surface area contributed by atoms with Crippen LogP contribution < -0.4 is 4.74 Å². The SMILES string of the molecule is O=Cc1ccc(OCC(F)(F)F)cc1O. The highest BCUT2D eigenvalue weighted by molar-refractivity contribution is 5.79. The zero-order chi connectivity index (χ0) is 11.5. The van der Waals surface area contributed by atoms with Gasteiger partial charge in [-0.3, -0.25) is 4.79 Å². The number of hydrogen-bond acceptors (Lipinski definition) is 3. The normalized spacial score (nSPS) is 11.1. The van der Waals surface area contributed by atoms with Crippen molar-refractivity contribution in [3.8, 4) is 11.5 Å². The second kappa shape index (κ2) is 4.20. The molecule has 1 aromatic carbocycles. The minimum absolute atomic E-state index is 0.00522. The number of halogens is 3.